The first kappa shape index (κ1) is 16.8. The molecule has 1 aliphatic carbocycles. The van der Waals surface area contributed by atoms with Gasteiger partial charge in [0, 0.05) is 18.3 Å². The SMILES string of the molecule is CCOC(=O)C1CCC(O)(CNCC(C)SC)CC1. The van der Waals surface area contributed by atoms with E-state index in [0.29, 0.717) is 31.2 Å². The summed E-state index contributed by atoms with van der Waals surface area (Å²) in [6.07, 6.45) is 4.91. The third-order valence-corrected chi connectivity index (χ3v) is 4.80. The van der Waals surface area contributed by atoms with E-state index in [2.05, 4.69) is 18.5 Å². The van der Waals surface area contributed by atoms with Crippen LogP contribution >= 0.6 is 11.8 Å². The van der Waals surface area contributed by atoms with Crippen molar-refractivity contribution in [3.63, 3.8) is 0 Å². The molecule has 0 amide bonds. The van der Waals surface area contributed by atoms with E-state index in [4.69, 9.17) is 4.74 Å². The summed E-state index contributed by atoms with van der Waals surface area (Å²) in [6, 6.07) is 0. The van der Waals surface area contributed by atoms with Crippen LogP contribution in [-0.2, 0) is 9.53 Å². The van der Waals surface area contributed by atoms with Gasteiger partial charge in [0.1, 0.15) is 0 Å². The lowest BCUT2D eigenvalue weighted by Crippen LogP contribution is -2.45. The lowest BCUT2D eigenvalue weighted by molar-refractivity contribution is -0.151. The van der Waals surface area contributed by atoms with Gasteiger partial charge in [-0.05, 0) is 38.9 Å². The molecule has 5 heteroatoms. The summed E-state index contributed by atoms with van der Waals surface area (Å²) >= 11 is 1.81. The fraction of sp³-hybridized carbons (Fsp3) is 0.929. The molecule has 2 N–H and O–H groups in total. The Kier molecular flexibility index (Phi) is 7.18. The van der Waals surface area contributed by atoms with Crippen LogP contribution in [0.4, 0.5) is 0 Å². The molecule has 4 nitrogen and oxygen atoms in total. The highest BCUT2D eigenvalue weighted by molar-refractivity contribution is 7.99. The zero-order valence-electron chi connectivity index (χ0n) is 12.3. The van der Waals surface area contributed by atoms with Gasteiger partial charge in [-0.3, -0.25) is 4.79 Å². The summed E-state index contributed by atoms with van der Waals surface area (Å²) in [5.74, 6) is -0.126. The van der Waals surface area contributed by atoms with Crippen molar-refractivity contribution in [1.29, 1.82) is 0 Å². The number of rotatable bonds is 7. The van der Waals surface area contributed by atoms with Crippen LogP contribution in [-0.4, -0.2) is 47.9 Å². The first-order valence-electron chi connectivity index (χ1n) is 7.13. The van der Waals surface area contributed by atoms with Gasteiger partial charge in [0.2, 0.25) is 0 Å². The smallest absolute Gasteiger partial charge is 0.308 e. The average molecular weight is 289 g/mol. The number of hydrogen-bond donors (Lipinski definition) is 2. The van der Waals surface area contributed by atoms with Crippen molar-refractivity contribution in [1.82, 2.24) is 5.32 Å². The zero-order chi connectivity index (χ0) is 14.3. The fourth-order valence-electron chi connectivity index (χ4n) is 2.42. The van der Waals surface area contributed by atoms with Crippen molar-refractivity contribution >= 4 is 17.7 Å². The molecular weight excluding hydrogens is 262 g/mol. The summed E-state index contributed by atoms with van der Waals surface area (Å²) in [6.45, 7) is 5.96. The number of hydrogen-bond acceptors (Lipinski definition) is 5. The van der Waals surface area contributed by atoms with Crippen LogP contribution in [0.25, 0.3) is 0 Å². The van der Waals surface area contributed by atoms with Gasteiger partial charge >= 0.3 is 5.97 Å². The summed E-state index contributed by atoms with van der Waals surface area (Å²) in [7, 11) is 0. The van der Waals surface area contributed by atoms with Crippen LogP contribution in [0.1, 0.15) is 39.5 Å². The van der Waals surface area contributed by atoms with Crippen molar-refractivity contribution in [2.45, 2.75) is 50.4 Å². The fourth-order valence-corrected chi connectivity index (χ4v) is 2.70. The van der Waals surface area contributed by atoms with Crippen LogP contribution in [0.2, 0.25) is 0 Å². The molecule has 1 unspecified atom stereocenters. The Hall–Kier alpha value is -0.260. The maximum absolute atomic E-state index is 11.6. The van der Waals surface area contributed by atoms with Crippen LogP contribution in [0.3, 0.4) is 0 Å². The van der Waals surface area contributed by atoms with Gasteiger partial charge < -0.3 is 15.2 Å². The minimum absolute atomic E-state index is 0.0228. The number of ether oxygens (including phenoxy) is 1. The van der Waals surface area contributed by atoms with E-state index in [1.54, 1.807) is 0 Å². The standard InChI is InChI=1S/C14H27NO3S/c1-4-18-13(16)12-5-7-14(17,8-6-12)10-15-9-11(2)19-3/h11-12,15,17H,4-10H2,1-3H3. The third kappa shape index (κ3) is 5.71. The molecule has 112 valence electrons. The van der Waals surface area contributed by atoms with E-state index >= 15 is 0 Å². The third-order valence-electron chi connectivity index (χ3n) is 3.82. The molecule has 1 rings (SSSR count). The van der Waals surface area contributed by atoms with Crippen molar-refractivity contribution in [3.8, 4) is 0 Å². The molecule has 0 heterocycles. The van der Waals surface area contributed by atoms with Crippen molar-refractivity contribution in [2.24, 2.45) is 5.92 Å². The Labute approximate surface area is 120 Å². The van der Waals surface area contributed by atoms with Crippen molar-refractivity contribution < 1.29 is 14.6 Å². The van der Waals surface area contributed by atoms with Crippen molar-refractivity contribution in [2.75, 3.05) is 26.0 Å². The summed E-state index contributed by atoms with van der Waals surface area (Å²) in [5, 5.41) is 14.3. The molecule has 0 aromatic rings. The monoisotopic (exact) mass is 289 g/mol. The Morgan fingerprint density at radius 1 is 1.53 bits per heavy atom. The molecule has 19 heavy (non-hydrogen) atoms. The molecule has 1 atom stereocenters. The van der Waals surface area contributed by atoms with Gasteiger partial charge in [-0.1, -0.05) is 6.92 Å². The molecule has 0 radical (unpaired) electrons. The van der Waals surface area contributed by atoms with E-state index in [0.717, 1.165) is 19.4 Å². The van der Waals surface area contributed by atoms with E-state index in [9.17, 15) is 9.90 Å². The molecule has 0 aliphatic heterocycles. The number of nitrogens with one attached hydrogen (secondary N) is 1. The van der Waals surface area contributed by atoms with Gasteiger partial charge in [0.15, 0.2) is 0 Å². The van der Waals surface area contributed by atoms with E-state index < -0.39 is 5.60 Å². The number of esters is 1. The van der Waals surface area contributed by atoms with E-state index in [1.165, 1.54) is 0 Å². The highest BCUT2D eigenvalue weighted by Gasteiger charge is 2.36. The van der Waals surface area contributed by atoms with Gasteiger partial charge in [0.05, 0.1) is 18.1 Å². The topological polar surface area (TPSA) is 58.6 Å². The molecule has 0 aromatic carbocycles. The molecule has 1 aliphatic rings. The second-order valence-electron chi connectivity index (χ2n) is 5.43. The van der Waals surface area contributed by atoms with Crippen LogP contribution in [0.5, 0.6) is 0 Å². The van der Waals surface area contributed by atoms with E-state index in [-0.39, 0.29) is 11.9 Å². The lowest BCUT2D eigenvalue weighted by Gasteiger charge is -2.35. The number of thioether (sulfide) groups is 1. The highest BCUT2D eigenvalue weighted by Crippen LogP contribution is 2.32. The first-order valence-corrected chi connectivity index (χ1v) is 8.42. The predicted octanol–water partition coefficient (Wildman–Crippen LogP) is 1.81. The van der Waals surface area contributed by atoms with Crippen LogP contribution in [0, 0.1) is 5.92 Å². The largest absolute Gasteiger partial charge is 0.466 e. The minimum Gasteiger partial charge on any atom is -0.466 e. The highest BCUT2D eigenvalue weighted by atomic mass is 32.2. The zero-order valence-corrected chi connectivity index (χ0v) is 13.1. The van der Waals surface area contributed by atoms with Gasteiger partial charge in [0.25, 0.3) is 0 Å². The van der Waals surface area contributed by atoms with Crippen molar-refractivity contribution in [3.05, 3.63) is 0 Å². The van der Waals surface area contributed by atoms with Gasteiger partial charge in [-0.15, -0.1) is 0 Å². The maximum atomic E-state index is 11.6. The Bertz CT molecular complexity index is 278. The predicted molar refractivity (Wildman–Crippen MR) is 79.4 cm³/mol. The molecule has 1 saturated carbocycles. The van der Waals surface area contributed by atoms with Gasteiger partial charge in [-0.25, -0.2) is 0 Å². The molecule has 0 spiro atoms. The molecule has 0 aromatic heterocycles. The second kappa shape index (κ2) is 8.12. The molecular formula is C14H27NO3S. The second-order valence-corrected chi connectivity index (χ2v) is 6.70. The van der Waals surface area contributed by atoms with Crippen LogP contribution < -0.4 is 5.32 Å². The Balaban J connectivity index is 2.28. The summed E-state index contributed by atoms with van der Waals surface area (Å²) in [5.41, 5.74) is -0.652. The Morgan fingerprint density at radius 3 is 2.68 bits per heavy atom. The quantitative estimate of drug-likeness (QED) is 0.700. The van der Waals surface area contributed by atoms with E-state index in [1.807, 2.05) is 18.7 Å². The number of aliphatic hydroxyl groups is 1. The lowest BCUT2D eigenvalue weighted by atomic mass is 9.79. The summed E-state index contributed by atoms with van der Waals surface area (Å²) < 4.78 is 5.04. The minimum atomic E-state index is -0.652. The normalized spacial score (nSPS) is 28.9. The Morgan fingerprint density at radius 2 is 2.16 bits per heavy atom. The number of carbonyl (C=O) groups excluding carboxylic acids is 1. The molecule has 1 fully saturated rings. The number of carbonyl (C=O) groups is 1. The first-order chi connectivity index (χ1) is 9.00. The molecule has 0 bridgehead atoms. The molecule has 0 saturated heterocycles. The average Bonchev–Trinajstić information content (AvgIpc) is 2.39. The summed E-state index contributed by atoms with van der Waals surface area (Å²) in [4.78, 5) is 11.6. The van der Waals surface area contributed by atoms with Crippen LogP contribution in [0.15, 0.2) is 0 Å². The van der Waals surface area contributed by atoms with Gasteiger partial charge in [-0.2, -0.15) is 11.8 Å². The maximum Gasteiger partial charge on any atom is 0.308 e.